The van der Waals surface area contributed by atoms with Gasteiger partial charge in [0, 0.05) is 42.1 Å². The van der Waals surface area contributed by atoms with Crippen LogP contribution in [0.2, 0.25) is 0 Å². The maximum Gasteiger partial charge on any atom is 0.125 e. The van der Waals surface area contributed by atoms with E-state index in [4.69, 9.17) is 0 Å². The van der Waals surface area contributed by atoms with Gasteiger partial charge in [-0.15, -0.1) is 11.3 Å². The Balaban J connectivity index is 2.10. The molecule has 17 heavy (non-hydrogen) atoms. The summed E-state index contributed by atoms with van der Waals surface area (Å²) in [6, 6.07) is 8.07. The fourth-order valence-electron chi connectivity index (χ4n) is 1.82. The molecule has 84 valence electrons. The van der Waals surface area contributed by atoms with Crippen LogP contribution >= 0.6 is 11.3 Å². The first-order valence-corrected chi connectivity index (χ1v) is 6.20. The molecule has 3 rings (SSSR count). The minimum absolute atomic E-state index is 1.07. The summed E-state index contributed by atoms with van der Waals surface area (Å²) in [7, 11) is 2.06. The molecule has 0 spiro atoms. The van der Waals surface area contributed by atoms with Crippen molar-refractivity contribution in [2.75, 3.05) is 11.9 Å². The van der Waals surface area contributed by atoms with Crippen molar-refractivity contribution >= 4 is 32.9 Å². The number of hydrogen-bond acceptors (Lipinski definition) is 4. The number of rotatable bonds is 2. The number of nitrogens with zero attached hydrogens (tertiary/aromatic N) is 3. The molecule has 3 aromatic heterocycles. The average Bonchev–Trinajstić information content (AvgIpc) is 2.83. The van der Waals surface area contributed by atoms with Crippen molar-refractivity contribution < 1.29 is 0 Å². The van der Waals surface area contributed by atoms with Gasteiger partial charge in [-0.3, -0.25) is 4.98 Å². The Hall–Kier alpha value is -1.94. The summed E-state index contributed by atoms with van der Waals surface area (Å²) in [5.41, 5.74) is 2.31. The molecule has 0 radical (unpaired) electrons. The van der Waals surface area contributed by atoms with Gasteiger partial charge in [0.1, 0.15) is 4.83 Å². The predicted molar refractivity (Wildman–Crippen MR) is 71.9 cm³/mol. The van der Waals surface area contributed by atoms with E-state index in [1.165, 1.54) is 11.1 Å². The number of anilines is 2. The van der Waals surface area contributed by atoms with Crippen LogP contribution in [0.1, 0.15) is 0 Å². The van der Waals surface area contributed by atoms with E-state index in [0.717, 1.165) is 10.5 Å². The van der Waals surface area contributed by atoms with E-state index in [1.54, 1.807) is 23.7 Å². The fraction of sp³-hybridized carbons (Fsp3) is 0.0769. The number of fused-ring (bicyclic) bond motifs is 1. The van der Waals surface area contributed by atoms with E-state index < -0.39 is 0 Å². The zero-order valence-electron chi connectivity index (χ0n) is 9.37. The van der Waals surface area contributed by atoms with E-state index >= 15 is 0 Å². The lowest BCUT2D eigenvalue weighted by Gasteiger charge is -2.17. The topological polar surface area (TPSA) is 29.0 Å². The third-order valence-corrected chi connectivity index (χ3v) is 3.63. The van der Waals surface area contributed by atoms with Crippen molar-refractivity contribution in [2.45, 2.75) is 0 Å². The quantitative estimate of drug-likeness (QED) is 0.688. The van der Waals surface area contributed by atoms with Crippen LogP contribution in [-0.2, 0) is 0 Å². The summed E-state index contributed by atoms with van der Waals surface area (Å²) in [6.07, 6.45) is 5.44. The molecule has 0 aromatic carbocycles. The van der Waals surface area contributed by atoms with Crippen LogP contribution in [-0.4, -0.2) is 17.0 Å². The largest absolute Gasteiger partial charge is 0.343 e. The first kappa shape index (κ1) is 10.2. The normalized spacial score (nSPS) is 10.6. The highest BCUT2D eigenvalue weighted by Gasteiger charge is 2.09. The molecule has 0 saturated carbocycles. The van der Waals surface area contributed by atoms with Gasteiger partial charge in [-0.25, -0.2) is 4.98 Å². The van der Waals surface area contributed by atoms with Gasteiger partial charge >= 0.3 is 0 Å². The highest BCUT2D eigenvalue weighted by molar-refractivity contribution is 7.17. The van der Waals surface area contributed by atoms with Gasteiger partial charge < -0.3 is 4.90 Å². The summed E-state index contributed by atoms with van der Waals surface area (Å²) >= 11 is 1.67. The third-order valence-electron chi connectivity index (χ3n) is 2.74. The zero-order valence-corrected chi connectivity index (χ0v) is 10.2. The standard InChI is InChI=1S/C13H11N3S/c1-16(10-4-7-14-8-5-10)12-9-17-13-11(12)3-2-6-15-13/h2-9H,1H3. The molecule has 0 N–H and O–H groups in total. The Morgan fingerprint density at radius 1 is 1.12 bits per heavy atom. The summed E-state index contributed by atoms with van der Waals surface area (Å²) in [6.45, 7) is 0. The van der Waals surface area contributed by atoms with Gasteiger partial charge in [0.25, 0.3) is 0 Å². The molecule has 0 unspecified atom stereocenters. The molecule has 0 aliphatic carbocycles. The molecule has 0 aliphatic heterocycles. The van der Waals surface area contributed by atoms with Crippen molar-refractivity contribution in [3.63, 3.8) is 0 Å². The molecule has 0 fully saturated rings. The Labute approximate surface area is 103 Å². The van der Waals surface area contributed by atoms with Crippen LogP contribution in [0.4, 0.5) is 11.4 Å². The van der Waals surface area contributed by atoms with Gasteiger partial charge in [-0.1, -0.05) is 0 Å². The molecule has 4 heteroatoms. The van der Waals surface area contributed by atoms with E-state index in [-0.39, 0.29) is 0 Å². The van der Waals surface area contributed by atoms with Crippen molar-refractivity contribution in [3.8, 4) is 0 Å². The number of pyridine rings is 2. The van der Waals surface area contributed by atoms with Gasteiger partial charge in [0.05, 0.1) is 5.69 Å². The minimum Gasteiger partial charge on any atom is -0.343 e. The van der Waals surface area contributed by atoms with Crippen LogP contribution in [0.15, 0.2) is 48.2 Å². The van der Waals surface area contributed by atoms with Gasteiger partial charge in [0.2, 0.25) is 0 Å². The first-order valence-electron chi connectivity index (χ1n) is 5.32. The minimum atomic E-state index is 1.07. The Morgan fingerprint density at radius 2 is 1.94 bits per heavy atom. The SMILES string of the molecule is CN(c1ccncc1)c1csc2ncccc12. The zero-order chi connectivity index (χ0) is 11.7. The lowest BCUT2D eigenvalue weighted by Crippen LogP contribution is -2.08. The second-order valence-corrected chi connectivity index (χ2v) is 4.60. The van der Waals surface area contributed by atoms with Crippen molar-refractivity contribution in [3.05, 3.63) is 48.2 Å². The summed E-state index contributed by atoms with van der Waals surface area (Å²) in [5.74, 6) is 0. The Kier molecular flexibility index (Phi) is 2.49. The van der Waals surface area contributed by atoms with E-state index in [0.29, 0.717) is 0 Å². The number of aromatic nitrogens is 2. The van der Waals surface area contributed by atoms with Crippen LogP contribution in [0.25, 0.3) is 10.2 Å². The Bertz CT molecular complexity index is 633. The highest BCUT2D eigenvalue weighted by atomic mass is 32.1. The number of hydrogen-bond donors (Lipinski definition) is 0. The van der Waals surface area contributed by atoms with E-state index in [9.17, 15) is 0 Å². The second kappa shape index (κ2) is 4.14. The van der Waals surface area contributed by atoms with Gasteiger partial charge in [-0.2, -0.15) is 0 Å². The molecule has 0 atom stereocenters. The lowest BCUT2D eigenvalue weighted by molar-refractivity contribution is 1.20. The van der Waals surface area contributed by atoms with Crippen LogP contribution in [0.3, 0.4) is 0 Å². The number of thiophene rings is 1. The lowest BCUT2D eigenvalue weighted by atomic mass is 10.2. The van der Waals surface area contributed by atoms with Gasteiger partial charge in [0.15, 0.2) is 0 Å². The monoisotopic (exact) mass is 241 g/mol. The Morgan fingerprint density at radius 3 is 2.76 bits per heavy atom. The molecule has 3 heterocycles. The maximum absolute atomic E-state index is 4.36. The molecule has 0 bridgehead atoms. The highest BCUT2D eigenvalue weighted by Crippen LogP contribution is 2.34. The van der Waals surface area contributed by atoms with E-state index in [2.05, 4.69) is 33.4 Å². The molecule has 0 saturated heterocycles. The van der Waals surface area contributed by atoms with Crippen LogP contribution in [0.5, 0.6) is 0 Å². The van der Waals surface area contributed by atoms with Crippen molar-refractivity contribution in [1.82, 2.24) is 9.97 Å². The summed E-state index contributed by atoms with van der Waals surface area (Å²) < 4.78 is 0. The third kappa shape index (κ3) is 1.76. The molecule has 3 aromatic rings. The summed E-state index contributed by atoms with van der Waals surface area (Å²) in [5, 5.41) is 3.33. The van der Waals surface area contributed by atoms with Crippen LogP contribution < -0.4 is 4.90 Å². The molecule has 3 nitrogen and oxygen atoms in total. The van der Waals surface area contributed by atoms with Crippen LogP contribution in [0, 0.1) is 0 Å². The second-order valence-electron chi connectivity index (χ2n) is 3.74. The molecular formula is C13H11N3S. The van der Waals surface area contributed by atoms with E-state index in [1.807, 2.05) is 24.4 Å². The molecular weight excluding hydrogens is 230 g/mol. The average molecular weight is 241 g/mol. The van der Waals surface area contributed by atoms with Crippen molar-refractivity contribution in [1.29, 1.82) is 0 Å². The van der Waals surface area contributed by atoms with Crippen molar-refractivity contribution in [2.24, 2.45) is 0 Å². The summed E-state index contributed by atoms with van der Waals surface area (Å²) in [4.78, 5) is 11.6. The predicted octanol–water partition coefficient (Wildman–Crippen LogP) is 3.46. The first-order chi connectivity index (χ1) is 8.36. The van der Waals surface area contributed by atoms with Gasteiger partial charge in [-0.05, 0) is 24.3 Å². The smallest absolute Gasteiger partial charge is 0.125 e. The molecule has 0 aliphatic rings. The maximum atomic E-state index is 4.36. The fourth-order valence-corrected chi connectivity index (χ4v) is 2.75. The molecule has 0 amide bonds.